The van der Waals surface area contributed by atoms with Crippen LogP contribution >= 0.6 is 0 Å². The molecule has 7 heteroatoms. The lowest BCUT2D eigenvalue weighted by atomic mass is 10.1. The van der Waals surface area contributed by atoms with Crippen LogP contribution in [0.1, 0.15) is 26.5 Å². The van der Waals surface area contributed by atoms with Crippen LogP contribution in [0, 0.1) is 6.92 Å². The molecule has 2 heterocycles. The van der Waals surface area contributed by atoms with Crippen LogP contribution in [-0.2, 0) is 0 Å². The highest BCUT2D eigenvalue weighted by atomic mass is 16.6. The number of aryl methyl sites for hydroxylation is 1. The Morgan fingerprint density at radius 2 is 1.73 bits per heavy atom. The maximum atomic E-state index is 13.0. The van der Waals surface area contributed by atoms with Crippen LogP contribution in [-0.4, -0.2) is 31.4 Å². The van der Waals surface area contributed by atoms with Gasteiger partial charge in [-0.15, -0.1) is 0 Å². The first-order valence-electron chi connectivity index (χ1n) is 10.6. The average molecular weight is 442 g/mol. The summed E-state index contributed by atoms with van der Waals surface area (Å²) in [6.07, 6.45) is 0. The summed E-state index contributed by atoms with van der Waals surface area (Å²) in [5.41, 5.74) is 3.22. The molecule has 0 bridgehead atoms. The SMILES string of the molecule is Cc1cccc(NC(=O)c2oc3ccccc3c2NCC(=O)c2ccc3c(c2)OCCO3)c1. The van der Waals surface area contributed by atoms with Gasteiger partial charge in [-0.1, -0.05) is 24.3 Å². The van der Waals surface area contributed by atoms with Gasteiger partial charge in [-0.25, -0.2) is 0 Å². The Labute approximate surface area is 190 Å². The fourth-order valence-electron chi connectivity index (χ4n) is 3.78. The minimum atomic E-state index is -0.397. The van der Waals surface area contributed by atoms with E-state index in [0.717, 1.165) is 10.9 Å². The number of nitrogens with one attached hydrogen (secondary N) is 2. The smallest absolute Gasteiger partial charge is 0.293 e. The number of rotatable bonds is 6. The zero-order valence-corrected chi connectivity index (χ0v) is 18.0. The van der Waals surface area contributed by atoms with E-state index in [1.54, 1.807) is 24.3 Å². The first kappa shape index (κ1) is 20.6. The molecule has 2 N–H and O–H groups in total. The number of ether oxygens (including phenoxy) is 2. The van der Waals surface area contributed by atoms with Gasteiger partial charge in [-0.3, -0.25) is 9.59 Å². The van der Waals surface area contributed by atoms with E-state index in [-0.39, 0.29) is 18.1 Å². The van der Waals surface area contributed by atoms with Gasteiger partial charge in [0.05, 0.1) is 12.2 Å². The van der Waals surface area contributed by atoms with Crippen LogP contribution in [0.4, 0.5) is 11.4 Å². The van der Waals surface area contributed by atoms with Gasteiger partial charge in [-0.2, -0.15) is 0 Å². The van der Waals surface area contributed by atoms with E-state index < -0.39 is 5.91 Å². The predicted molar refractivity (Wildman–Crippen MR) is 126 cm³/mol. The van der Waals surface area contributed by atoms with Gasteiger partial charge in [0.2, 0.25) is 5.76 Å². The third-order valence-electron chi connectivity index (χ3n) is 5.37. The van der Waals surface area contributed by atoms with E-state index in [9.17, 15) is 9.59 Å². The molecule has 0 saturated heterocycles. The molecule has 0 unspecified atom stereocenters. The van der Waals surface area contributed by atoms with Crippen molar-refractivity contribution in [3.05, 3.63) is 83.6 Å². The molecule has 1 aromatic heterocycles. The molecule has 7 nitrogen and oxygen atoms in total. The number of hydrogen-bond acceptors (Lipinski definition) is 6. The van der Waals surface area contributed by atoms with Gasteiger partial charge in [0.15, 0.2) is 17.3 Å². The second-order valence-corrected chi connectivity index (χ2v) is 7.76. The Bertz CT molecular complexity index is 1360. The predicted octanol–water partition coefficient (Wildman–Crippen LogP) is 5.06. The van der Waals surface area contributed by atoms with Crippen molar-refractivity contribution in [3.8, 4) is 11.5 Å². The van der Waals surface area contributed by atoms with Gasteiger partial charge in [0.25, 0.3) is 5.91 Å². The lowest BCUT2D eigenvalue weighted by Gasteiger charge is -2.18. The Balaban J connectivity index is 1.39. The van der Waals surface area contributed by atoms with E-state index in [1.165, 1.54) is 0 Å². The van der Waals surface area contributed by atoms with Crippen molar-refractivity contribution in [3.63, 3.8) is 0 Å². The van der Waals surface area contributed by atoms with Gasteiger partial charge >= 0.3 is 0 Å². The summed E-state index contributed by atoms with van der Waals surface area (Å²) in [5, 5.41) is 6.71. The Morgan fingerprint density at radius 1 is 0.909 bits per heavy atom. The molecule has 33 heavy (non-hydrogen) atoms. The number of carbonyl (C=O) groups is 2. The van der Waals surface area contributed by atoms with Gasteiger partial charge in [0.1, 0.15) is 18.8 Å². The van der Waals surface area contributed by atoms with E-state index in [2.05, 4.69) is 10.6 Å². The average Bonchev–Trinajstić information content (AvgIpc) is 3.21. The molecule has 0 spiro atoms. The second kappa shape index (κ2) is 8.70. The lowest BCUT2D eigenvalue weighted by Crippen LogP contribution is -2.19. The normalized spacial score (nSPS) is 12.4. The molecular formula is C26H22N2O5. The Hall–Kier alpha value is -4.26. The first-order valence-corrected chi connectivity index (χ1v) is 10.6. The number of carbonyl (C=O) groups excluding carboxylic acids is 2. The number of fused-ring (bicyclic) bond motifs is 2. The minimum absolute atomic E-state index is 0.0199. The molecule has 166 valence electrons. The maximum absolute atomic E-state index is 13.0. The summed E-state index contributed by atoms with van der Waals surface area (Å²) >= 11 is 0. The summed E-state index contributed by atoms with van der Waals surface area (Å²) in [6.45, 7) is 2.87. The highest BCUT2D eigenvalue weighted by Gasteiger charge is 2.22. The van der Waals surface area contributed by atoms with E-state index in [0.29, 0.717) is 47.2 Å². The van der Waals surface area contributed by atoms with Crippen LogP contribution in [0.15, 0.2) is 71.1 Å². The molecule has 5 rings (SSSR count). The molecule has 0 fully saturated rings. The van der Waals surface area contributed by atoms with E-state index >= 15 is 0 Å². The molecule has 3 aromatic carbocycles. The highest BCUT2D eigenvalue weighted by Crippen LogP contribution is 2.33. The number of furan rings is 1. The summed E-state index contributed by atoms with van der Waals surface area (Å²) in [4.78, 5) is 25.9. The van der Waals surface area contributed by atoms with Crippen molar-refractivity contribution in [1.29, 1.82) is 0 Å². The highest BCUT2D eigenvalue weighted by molar-refractivity contribution is 6.12. The quantitative estimate of drug-likeness (QED) is 0.406. The van der Waals surface area contributed by atoms with Crippen molar-refractivity contribution >= 4 is 34.0 Å². The summed E-state index contributed by atoms with van der Waals surface area (Å²) in [7, 11) is 0. The van der Waals surface area contributed by atoms with Gasteiger partial charge in [0, 0.05) is 16.6 Å². The molecule has 0 radical (unpaired) electrons. The Morgan fingerprint density at radius 3 is 2.58 bits per heavy atom. The third-order valence-corrected chi connectivity index (χ3v) is 5.37. The van der Waals surface area contributed by atoms with Gasteiger partial charge < -0.3 is 24.5 Å². The maximum Gasteiger partial charge on any atom is 0.293 e. The summed E-state index contributed by atoms with van der Waals surface area (Å²) in [6, 6.07) is 19.9. The third kappa shape index (κ3) is 4.25. The molecule has 1 aliphatic rings. The van der Waals surface area contributed by atoms with Gasteiger partial charge in [-0.05, 0) is 55.0 Å². The van der Waals surface area contributed by atoms with Crippen molar-refractivity contribution in [2.45, 2.75) is 6.92 Å². The molecule has 0 aliphatic carbocycles. The van der Waals surface area contributed by atoms with Crippen LogP contribution in [0.25, 0.3) is 11.0 Å². The monoisotopic (exact) mass is 442 g/mol. The first-order chi connectivity index (χ1) is 16.1. The molecular weight excluding hydrogens is 420 g/mol. The van der Waals surface area contributed by atoms with Crippen LogP contribution in [0.5, 0.6) is 11.5 Å². The van der Waals surface area contributed by atoms with Crippen LogP contribution in [0.2, 0.25) is 0 Å². The Kier molecular flexibility index (Phi) is 5.44. The summed E-state index contributed by atoms with van der Waals surface area (Å²) in [5.74, 6) is 0.752. The topological polar surface area (TPSA) is 89.8 Å². The molecule has 1 amide bonds. The molecule has 0 saturated carbocycles. The van der Waals surface area contributed by atoms with Crippen molar-refractivity contribution in [2.24, 2.45) is 0 Å². The zero-order chi connectivity index (χ0) is 22.8. The number of para-hydroxylation sites is 1. The van der Waals surface area contributed by atoms with Crippen molar-refractivity contribution in [1.82, 2.24) is 0 Å². The molecule has 1 aliphatic heterocycles. The molecule has 0 atom stereocenters. The summed E-state index contributed by atoms with van der Waals surface area (Å²) < 4.78 is 16.9. The van der Waals surface area contributed by atoms with Crippen LogP contribution < -0.4 is 20.1 Å². The number of Topliss-reactive ketones (excluding diaryl/α,β-unsaturated/α-hetero) is 1. The zero-order valence-electron chi connectivity index (χ0n) is 18.0. The number of anilines is 2. The number of amides is 1. The van der Waals surface area contributed by atoms with E-state index in [1.807, 2.05) is 49.4 Å². The minimum Gasteiger partial charge on any atom is -0.486 e. The van der Waals surface area contributed by atoms with Crippen molar-refractivity contribution in [2.75, 3.05) is 30.4 Å². The van der Waals surface area contributed by atoms with Crippen LogP contribution in [0.3, 0.4) is 0 Å². The fraction of sp³-hybridized carbons (Fsp3) is 0.154. The second-order valence-electron chi connectivity index (χ2n) is 7.76. The number of benzene rings is 3. The standard InChI is InChI=1S/C26H22N2O5/c1-16-5-4-6-18(13-16)28-26(30)25-24(19-7-2-3-8-21(19)33-25)27-15-20(29)17-9-10-22-23(14-17)32-12-11-31-22/h2-10,13-14,27H,11-12,15H2,1H3,(H,28,30). The molecule has 4 aromatic rings. The fourth-order valence-corrected chi connectivity index (χ4v) is 3.78. The van der Waals surface area contributed by atoms with Crippen molar-refractivity contribution < 1.29 is 23.5 Å². The lowest BCUT2D eigenvalue weighted by molar-refractivity contribution is 0.0990. The number of hydrogen-bond donors (Lipinski definition) is 2. The largest absolute Gasteiger partial charge is 0.486 e. The van der Waals surface area contributed by atoms with E-state index in [4.69, 9.17) is 13.9 Å². The number of ketones is 1.